The van der Waals surface area contributed by atoms with Crippen molar-refractivity contribution in [3.63, 3.8) is 0 Å². The summed E-state index contributed by atoms with van der Waals surface area (Å²) in [5.41, 5.74) is 0.717. The lowest BCUT2D eigenvalue weighted by atomic mass is 9.99. The molecule has 1 aliphatic heterocycles. The Hall–Kier alpha value is -1.95. The highest BCUT2D eigenvalue weighted by Crippen LogP contribution is 2.19. The fourth-order valence-electron chi connectivity index (χ4n) is 2.93. The molecular weight excluding hydrogens is 292 g/mol. The molecule has 0 saturated carbocycles. The van der Waals surface area contributed by atoms with E-state index in [1.807, 2.05) is 0 Å². The van der Waals surface area contributed by atoms with Crippen LogP contribution in [0, 0.1) is 0 Å². The number of aromatic nitrogens is 1. The zero-order chi connectivity index (χ0) is 16.7. The van der Waals surface area contributed by atoms with Gasteiger partial charge in [0.25, 0.3) is 0 Å². The molecule has 1 unspecified atom stereocenters. The first-order chi connectivity index (χ1) is 11.1. The molecule has 2 N–H and O–H groups in total. The van der Waals surface area contributed by atoms with Gasteiger partial charge in [0, 0.05) is 37.1 Å². The van der Waals surface area contributed by atoms with Crippen molar-refractivity contribution >= 4 is 17.5 Å². The van der Waals surface area contributed by atoms with Crippen molar-refractivity contribution in [1.29, 1.82) is 0 Å². The molecule has 0 spiro atoms. The van der Waals surface area contributed by atoms with Crippen molar-refractivity contribution in [2.45, 2.75) is 51.6 Å². The van der Waals surface area contributed by atoms with E-state index in [0.29, 0.717) is 12.6 Å². The van der Waals surface area contributed by atoms with E-state index in [-0.39, 0.29) is 24.3 Å². The molecule has 2 amide bonds. The van der Waals surface area contributed by atoms with E-state index in [2.05, 4.69) is 34.4 Å². The van der Waals surface area contributed by atoms with E-state index in [0.717, 1.165) is 31.5 Å². The van der Waals surface area contributed by atoms with Gasteiger partial charge in [-0.15, -0.1) is 0 Å². The predicted molar refractivity (Wildman–Crippen MR) is 90.0 cm³/mol. The molecular formula is C17H26N4O2. The fourth-order valence-corrected chi connectivity index (χ4v) is 2.93. The van der Waals surface area contributed by atoms with Crippen molar-refractivity contribution in [2.75, 3.05) is 18.4 Å². The molecule has 6 heteroatoms. The van der Waals surface area contributed by atoms with E-state index in [1.54, 1.807) is 24.5 Å². The number of nitrogens with zero attached hydrogens (tertiary/aromatic N) is 2. The standard InChI is InChI=1S/C17H26N4O2/c1-13(2)21-12-4-3-5-15(21)17(23)19-11-8-16(22)20-14-6-9-18-10-7-14/h6-7,9-10,13,15H,3-5,8,11-12H2,1-2H3,(H,19,23)(H,18,20,22). The van der Waals surface area contributed by atoms with Gasteiger partial charge < -0.3 is 10.6 Å². The summed E-state index contributed by atoms with van der Waals surface area (Å²) in [6.07, 6.45) is 6.65. The van der Waals surface area contributed by atoms with Gasteiger partial charge in [-0.3, -0.25) is 19.5 Å². The molecule has 0 radical (unpaired) electrons. The molecule has 1 aliphatic rings. The van der Waals surface area contributed by atoms with Crippen LogP contribution in [0.2, 0.25) is 0 Å². The second-order valence-corrected chi connectivity index (χ2v) is 6.17. The van der Waals surface area contributed by atoms with Gasteiger partial charge in [0.1, 0.15) is 0 Å². The zero-order valence-corrected chi connectivity index (χ0v) is 13.9. The number of hydrogen-bond acceptors (Lipinski definition) is 4. The quantitative estimate of drug-likeness (QED) is 0.838. The first kappa shape index (κ1) is 17.4. The third-order valence-electron chi connectivity index (χ3n) is 4.13. The van der Waals surface area contributed by atoms with Crippen molar-refractivity contribution in [3.05, 3.63) is 24.5 Å². The summed E-state index contributed by atoms with van der Waals surface area (Å²) in [5.74, 6) is -0.0732. The molecule has 1 atom stereocenters. The summed E-state index contributed by atoms with van der Waals surface area (Å²) < 4.78 is 0. The molecule has 2 rings (SSSR count). The van der Waals surface area contributed by atoms with Crippen LogP contribution in [0.1, 0.15) is 39.5 Å². The molecule has 0 bridgehead atoms. The number of likely N-dealkylation sites (tertiary alicyclic amines) is 1. The average molecular weight is 318 g/mol. The fraction of sp³-hybridized carbons (Fsp3) is 0.588. The Morgan fingerprint density at radius 3 is 2.74 bits per heavy atom. The first-order valence-corrected chi connectivity index (χ1v) is 8.31. The van der Waals surface area contributed by atoms with Crippen LogP contribution in [0.3, 0.4) is 0 Å². The van der Waals surface area contributed by atoms with Crippen LogP contribution in [0.15, 0.2) is 24.5 Å². The number of piperidine rings is 1. The highest BCUT2D eigenvalue weighted by molar-refractivity contribution is 5.91. The minimum atomic E-state index is -0.110. The van der Waals surface area contributed by atoms with Crippen LogP contribution < -0.4 is 10.6 Å². The van der Waals surface area contributed by atoms with Gasteiger partial charge in [-0.2, -0.15) is 0 Å². The van der Waals surface area contributed by atoms with Crippen LogP contribution >= 0.6 is 0 Å². The van der Waals surface area contributed by atoms with Crippen LogP contribution in [0.25, 0.3) is 0 Å². The van der Waals surface area contributed by atoms with Crippen molar-refractivity contribution in [1.82, 2.24) is 15.2 Å². The zero-order valence-electron chi connectivity index (χ0n) is 13.9. The summed E-state index contributed by atoms with van der Waals surface area (Å²) in [6, 6.07) is 3.77. The number of amides is 2. The summed E-state index contributed by atoms with van der Waals surface area (Å²) in [7, 11) is 0. The van der Waals surface area contributed by atoms with Crippen molar-refractivity contribution in [2.24, 2.45) is 0 Å². The molecule has 1 saturated heterocycles. The number of hydrogen-bond donors (Lipinski definition) is 2. The number of nitrogens with one attached hydrogen (secondary N) is 2. The summed E-state index contributed by atoms with van der Waals surface area (Å²) >= 11 is 0. The van der Waals surface area contributed by atoms with Gasteiger partial charge in [-0.25, -0.2) is 0 Å². The molecule has 0 aromatic carbocycles. The number of carbonyl (C=O) groups is 2. The van der Waals surface area contributed by atoms with Crippen LogP contribution in [-0.2, 0) is 9.59 Å². The predicted octanol–water partition coefficient (Wildman–Crippen LogP) is 1.79. The topological polar surface area (TPSA) is 74.3 Å². The van der Waals surface area contributed by atoms with Gasteiger partial charge in [-0.1, -0.05) is 6.42 Å². The Balaban J connectivity index is 1.74. The Kier molecular flexibility index (Phi) is 6.52. The minimum Gasteiger partial charge on any atom is -0.354 e. The monoisotopic (exact) mass is 318 g/mol. The maximum atomic E-state index is 12.4. The average Bonchev–Trinajstić information content (AvgIpc) is 2.55. The largest absolute Gasteiger partial charge is 0.354 e. The molecule has 2 heterocycles. The molecule has 23 heavy (non-hydrogen) atoms. The normalized spacial score (nSPS) is 18.7. The van der Waals surface area contributed by atoms with Gasteiger partial charge in [0.2, 0.25) is 11.8 Å². The molecule has 0 aliphatic carbocycles. The number of rotatable bonds is 6. The summed E-state index contributed by atoms with van der Waals surface area (Å²) in [6.45, 7) is 5.57. The second-order valence-electron chi connectivity index (χ2n) is 6.17. The maximum absolute atomic E-state index is 12.4. The first-order valence-electron chi connectivity index (χ1n) is 8.31. The SMILES string of the molecule is CC(C)N1CCCCC1C(=O)NCCC(=O)Nc1ccncc1. The van der Waals surface area contributed by atoms with Gasteiger partial charge in [0.05, 0.1) is 6.04 Å². The molecule has 126 valence electrons. The molecule has 1 aromatic heterocycles. The lowest BCUT2D eigenvalue weighted by molar-refractivity contribution is -0.128. The van der Waals surface area contributed by atoms with Gasteiger partial charge in [-0.05, 0) is 45.4 Å². The molecule has 1 aromatic rings. The van der Waals surface area contributed by atoms with Crippen LogP contribution in [-0.4, -0.2) is 46.9 Å². The number of carbonyl (C=O) groups excluding carboxylic acids is 2. The summed E-state index contributed by atoms with van der Waals surface area (Å²) in [4.78, 5) is 30.4. The third-order valence-corrected chi connectivity index (χ3v) is 4.13. The molecule has 6 nitrogen and oxygen atoms in total. The highest BCUT2D eigenvalue weighted by Gasteiger charge is 2.29. The van der Waals surface area contributed by atoms with E-state index in [4.69, 9.17) is 0 Å². The minimum absolute atomic E-state index is 0.0371. The third kappa shape index (κ3) is 5.32. The Morgan fingerprint density at radius 2 is 2.04 bits per heavy atom. The lowest BCUT2D eigenvalue weighted by Gasteiger charge is -2.37. The lowest BCUT2D eigenvalue weighted by Crippen LogP contribution is -2.52. The van der Waals surface area contributed by atoms with E-state index < -0.39 is 0 Å². The van der Waals surface area contributed by atoms with Gasteiger partial charge in [0.15, 0.2) is 0 Å². The second kappa shape index (κ2) is 8.62. The van der Waals surface area contributed by atoms with Crippen molar-refractivity contribution < 1.29 is 9.59 Å². The molecule has 1 fully saturated rings. The maximum Gasteiger partial charge on any atom is 0.237 e. The van der Waals surface area contributed by atoms with Crippen molar-refractivity contribution in [3.8, 4) is 0 Å². The van der Waals surface area contributed by atoms with E-state index >= 15 is 0 Å². The van der Waals surface area contributed by atoms with E-state index in [9.17, 15) is 9.59 Å². The Bertz CT molecular complexity index is 519. The number of pyridine rings is 1. The Morgan fingerprint density at radius 1 is 1.30 bits per heavy atom. The van der Waals surface area contributed by atoms with Crippen LogP contribution in [0.4, 0.5) is 5.69 Å². The smallest absolute Gasteiger partial charge is 0.237 e. The number of anilines is 1. The summed E-state index contributed by atoms with van der Waals surface area (Å²) in [5, 5.41) is 5.68. The van der Waals surface area contributed by atoms with E-state index in [1.165, 1.54) is 0 Å². The van der Waals surface area contributed by atoms with Crippen LogP contribution in [0.5, 0.6) is 0 Å². The van der Waals surface area contributed by atoms with Gasteiger partial charge >= 0.3 is 0 Å². The highest BCUT2D eigenvalue weighted by atomic mass is 16.2. The Labute approximate surface area is 137 Å².